The van der Waals surface area contributed by atoms with Crippen molar-refractivity contribution in [3.05, 3.63) is 0 Å². The topological polar surface area (TPSA) is 117 Å². The van der Waals surface area contributed by atoms with E-state index in [2.05, 4.69) is 9.47 Å². The van der Waals surface area contributed by atoms with E-state index in [1.54, 1.807) is 12.1 Å². The molecule has 0 rings (SSSR count). The predicted octanol–water partition coefficient (Wildman–Crippen LogP) is 0.207. The number of methoxy groups -OCH3 is 2. The lowest BCUT2D eigenvalue weighted by molar-refractivity contribution is -0.164. The molecule has 0 fully saturated rings. The van der Waals surface area contributed by atoms with Gasteiger partial charge in [-0.1, -0.05) is 6.92 Å². The van der Waals surface area contributed by atoms with E-state index in [0.717, 1.165) is 21.1 Å². The van der Waals surface area contributed by atoms with E-state index in [0.29, 0.717) is 0 Å². The molecule has 0 saturated carbocycles. The molecule has 0 heterocycles. The molecule has 0 bridgehead atoms. The molecular weight excluding hydrogens is 252 g/mol. The monoisotopic (exact) mass is 266 g/mol. The average Bonchev–Trinajstić information content (AvgIpc) is 2.42. The second-order valence-electron chi connectivity index (χ2n) is 3.89. The van der Waals surface area contributed by atoms with E-state index >= 15 is 0 Å². The number of carbonyl (C=O) groups excluding carboxylic acids is 3. The van der Waals surface area contributed by atoms with Crippen molar-refractivity contribution < 1.29 is 23.9 Å². The second-order valence-corrected chi connectivity index (χ2v) is 3.89. The van der Waals surface area contributed by atoms with Crippen molar-refractivity contribution in [2.24, 2.45) is 17.3 Å². The molecular formula is C12H14N2O5. The summed E-state index contributed by atoms with van der Waals surface area (Å²) in [6.45, 7) is 2.45. The van der Waals surface area contributed by atoms with Crippen molar-refractivity contribution in [3.8, 4) is 12.1 Å². The number of nitrogens with zero attached hydrogens (tertiary/aromatic N) is 2. The van der Waals surface area contributed by atoms with Gasteiger partial charge in [0.05, 0.1) is 26.4 Å². The van der Waals surface area contributed by atoms with E-state index in [1.807, 2.05) is 0 Å². The summed E-state index contributed by atoms with van der Waals surface area (Å²) in [5, 5.41) is 18.3. The minimum atomic E-state index is -2.22. The number of rotatable bonds is 5. The van der Waals surface area contributed by atoms with Crippen LogP contribution < -0.4 is 0 Å². The zero-order valence-corrected chi connectivity index (χ0v) is 11.1. The van der Waals surface area contributed by atoms with Crippen LogP contribution in [0.3, 0.4) is 0 Å². The Hall–Kier alpha value is -2.41. The maximum atomic E-state index is 11.9. The van der Waals surface area contributed by atoms with Gasteiger partial charge in [0.15, 0.2) is 11.3 Å². The molecule has 3 atom stereocenters. The van der Waals surface area contributed by atoms with E-state index in [9.17, 15) is 19.6 Å². The summed E-state index contributed by atoms with van der Waals surface area (Å²) < 4.78 is 8.89. The fourth-order valence-electron chi connectivity index (χ4n) is 1.70. The normalized spacial score (nSPS) is 15.9. The van der Waals surface area contributed by atoms with E-state index < -0.39 is 35.0 Å². The summed E-state index contributed by atoms with van der Waals surface area (Å²) in [7, 11) is 2.03. The summed E-state index contributed by atoms with van der Waals surface area (Å²) in [5.41, 5.74) is -2.22. The molecule has 0 aromatic rings. The highest BCUT2D eigenvalue weighted by Crippen LogP contribution is 2.38. The molecule has 0 unspecified atom stereocenters. The molecule has 19 heavy (non-hydrogen) atoms. The maximum absolute atomic E-state index is 11.9. The number of ether oxygens (including phenoxy) is 2. The van der Waals surface area contributed by atoms with Crippen molar-refractivity contribution in [3.63, 3.8) is 0 Å². The van der Waals surface area contributed by atoms with Gasteiger partial charge in [0, 0.05) is 5.92 Å². The Balaban J connectivity index is 6.10. The van der Waals surface area contributed by atoms with Gasteiger partial charge in [-0.3, -0.25) is 14.4 Å². The van der Waals surface area contributed by atoms with Gasteiger partial charge in [0.25, 0.3) is 0 Å². The lowest BCUT2D eigenvalue weighted by atomic mass is 9.67. The number of Topliss-reactive ketones (excluding diaryl/α,β-unsaturated/α-hetero) is 1. The van der Waals surface area contributed by atoms with Gasteiger partial charge < -0.3 is 9.47 Å². The lowest BCUT2D eigenvalue weighted by Crippen LogP contribution is -2.49. The fourth-order valence-corrected chi connectivity index (χ4v) is 1.70. The van der Waals surface area contributed by atoms with Crippen LogP contribution in [-0.2, 0) is 23.9 Å². The molecule has 7 nitrogen and oxygen atoms in total. The minimum absolute atomic E-state index is 0.517. The van der Waals surface area contributed by atoms with E-state index in [4.69, 9.17) is 5.26 Å². The Labute approximate surface area is 110 Å². The van der Waals surface area contributed by atoms with Gasteiger partial charge in [-0.2, -0.15) is 10.5 Å². The number of hydrogen-bond acceptors (Lipinski definition) is 7. The first-order valence-electron chi connectivity index (χ1n) is 5.31. The van der Waals surface area contributed by atoms with Crippen LogP contribution in [0.4, 0.5) is 0 Å². The second kappa shape index (κ2) is 6.50. The number of ketones is 1. The van der Waals surface area contributed by atoms with Gasteiger partial charge in [-0.25, -0.2) is 0 Å². The van der Waals surface area contributed by atoms with Crippen LogP contribution in [0, 0.1) is 39.9 Å². The summed E-state index contributed by atoms with van der Waals surface area (Å²) in [6, 6.07) is 3.14. The average molecular weight is 266 g/mol. The Morgan fingerprint density at radius 3 is 1.95 bits per heavy atom. The third-order valence-electron chi connectivity index (χ3n) is 3.02. The van der Waals surface area contributed by atoms with Crippen LogP contribution in [-0.4, -0.2) is 31.9 Å². The quantitative estimate of drug-likeness (QED) is 0.652. The van der Waals surface area contributed by atoms with Crippen LogP contribution in [0.1, 0.15) is 13.8 Å². The molecule has 0 aliphatic rings. The molecule has 0 aromatic carbocycles. The van der Waals surface area contributed by atoms with Gasteiger partial charge in [0.2, 0.25) is 0 Å². The molecule has 0 saturated heterocycles. The largest absolute Gasteiger partial charge is 0.468 e. The predicted molar refractivity (Wildman–Crippen MR) is 61.0 cm³/mol. The first-order valence-corrected chi connectivity index (χ1v) is 5.31. The van der Waals surface area contributed by atoms with Crippen LogP contribution >= 0.6 is 0 Å². The molecule has 102 valence electrons. The molecule has 0 spiro atoms. The lowest BCUT2D eigenvalue weighted by Gasteiger charge is -2.30. The summed E-state index contributed by atoms with van der Waals surface area (Å²) >= 11 is 0. The minimum Gasteiger partial charge on any atom is -0.468 e. The molecule has 7 heteroatoms. The zero-order valence-electron chi connectivity index (χ0n) is 11.1. The number of nitriles is 2. The van der Waals surface area contributed by atoms with Crippen molar-refractivity contribution in [1.82, 2.24) is 0 Å². The molecule has 0 amide bonds. The highest BCUT2D eigenvalue weighted by molar-refractivity contribution is 5.95. The van der Waals surface area contributed by atoms with E-state index in [1.165, 1.54) is 6.92 Å². The van der Waals surface area contributed by atoms with Crippen LogP contribution in [0.15, 0.2) is 0 Å². The van der Waals surface area contributed by atoms with Crippen molar-refractivity contribution in [1.29, 1.82) is 10.5 Å². The first kappa shape index (κ1) is 16.6. The van der Waals surface area contributed by atoms with Crippen molar-refractivity contribution in [2.45, 2.75) is 13.8 Å². The maximum Gasteiger partial charge on any atom is 0.328 e. The van der Waals surface area contributed by atoms with E-state index in [-0.39, 0.29) is 0 Å². The van der Waals surface area contributed by atoms with Crippen molar-refractivity contribution in [2.75, 3.05) is 14.2 Å². The standard InChI is InChI=1S/C12H14N2O5/c1-7(8(2)15)12(6-14,11(17)19-4)9(5-13)10(16)18-3/h7,9H,1-4H3/t7-,9-,12+/m0/s1. The molecule has 0 N–H and O–H groups in total. The zero-order chi connectivity index (χ0) is 15.2. The van der Waals surface area contributed by atoms with Crippen LogP contribution in [0.2, 0.25) is 0 Å². The SMILES string of the molecule is COC(=O)[C@H](C#N)[C@](C#N)(C(=O)OC)[C@@H](C)C(C)=O. The van der Waals surface area contributed by atoms with Gasteiger partial charge in [-0.15, -0.1) is 0 Å². The summed E-state index contributed by atoms with van der Waals surface area (Å²) in [5.74, 6) is -5.63. The highest BCUT2D eigenvalue weighted by Gasteiger charge is 2.57. The molecule has 0 aliphatic heterocycles. The Morgan fingerprint density at radius 1 is 1.16 bits per heavy atom. The Kier molecular flexibility index (Phi) is 5.68. The Bertz CT molecular complexity index is 473. The highest BCUT2D eigenvalue weighted by atomic mass is 16.5. The third kappa shape index (κ3) is 2.71. The van der Waals surface area contributed by atoms with Crippen LogP contribution in [0.5, 0.6) is 0 Å². The molecule has 0 aromatic heterocycles. The fraction of sp³-hybridized carbons (Fsp3) is 0.583. The van der Waals surface area contributed by atoms with Gasteiger partial charge >= 0.3 is 11.9 Å². The Morgan fingerprint density at radius 2 is 1.68 bits per heavy atom. The van der Waals surface area contributed by atoms with Crippen LogP contribution in [0.25, 0.3) is 0 Å². The summed E-state index contributed by atoms with van der Waals surface area (Å²) in [6.07, 6.45) is 0. The molecule has 0 radical (unpaired) electrons. The first-order chi connectivity index (χ1) is 8.83. The third-order valence-corrected chi connectivity index (χ3v) is 3.02. The summed E-state index contributed by atoms with van der Waals surface area (Å²) in [4.78, 5) is 34.9. The van der Waals surface area contributed by atoms with Crippen molar-refractivity contribution >= 4 is 17.7 Å². The number of hydrogen-bond donors (Lipinski definition) is 0. The number of carbonyl (C=O) groups is 3. The smallest absolute Gasteiger partial charge is 0.328 e. The molecule has 0 aliphatic carbocycles. The number of esters is 2. The van der Waals surface area contributed by atoms with Gasteiger partial charge in [0.1, 0.15) is 5.78 Å². The van der Waals surface area contributed by atoms with Gasteiger partial charge in [-0.05, 0) is 6.92 Å².